The van der Waals surface area contributed by atoms with Crippen LogP contribution in [0, 0.1) is 5.92 Å². The van der Waals surface area contributed by atoms with Crippen LogP contribution >= 0.6 is 15.9 Å². The minimum atomic E-state index is 0.877. The first kappa shape index (κ1) is 14.9. The van der Waals surface area contributed by atoms with E-state index in [4.69, 9.17) is 0 Å². The van der Waals surface area contributed by atoms with Crippen molar-refractivity contribution in [2.45, 2.75) is 38.6 Å². The Kier molecular flexibility index (Phi) is 5.71. The zero-order valence-corrected chi connectivity index (χ0v) is 13.7. The third-order valence-electron chi connectivity index (χ3n) is 4.06. The minimum absolute atomic E-state index is 0.877. The van der Waals surface area contributed by atoms with Crippen molar-refractivity contribution in [3.8, 4) is 0 Å². The summed E-state index contributed by atoms with van der Waals surface area (Å²) in [6.07, 6.45) is 7.07. The first-order valence-electron chi connectivity index (χ1n) is 7.35. The Labute approximate surface area is 125 Å². The lowest BCUT2D eigenvalue weighted by molar-refractivity contribution is 0.362. The maximum absolute atomic E-state index is 3.71. The molecule has 0 bridgehead atoms. The largest absolute Gasteiger partial charge is 0.373 e. The fourth-order valence-electron chi connectivity index (χ4n) is 3.03. The fourth-order valence-corrected chi connectivity index (χ4v) is 3.76. The number of nitrogens with one attached hydrogen (secondary N) is 1. The minimum Gasteiger partial charge on any atom is -0.373 e. The van der Waals surface area contributed by atoms with Gasteiger partial charge in [-0.05, 0) is 59.4 Å². The predicted molar refractivity (Wildman–Crippen MR) is 86.8 cm³/mol. The van der Waals surface area contributed by atoms with E-state index in [-0.39, 0.29) is 0 Å². The number of anilines is 1. The van der Waals surface area contributed by atoms with Crippen LogP contribution in [-0.4, -0.2) is 20.6 Å². The first-order chi connectivity index (χ1) is 9.20. The van der Waals surface area contributed by atoms with E-state index < -0.39 is 0 Å². The van der Waals surface area contributed by atoms with Crippen molar-refractivity contribution in [1.82, 2.24) is 5.32 Å². The maximum atomic E-state index is 3.71. The summed E-state index contributed by atoms with van der Waals surface area (Å²) in [6, 6.07) is 6.68. The highest BCUT2D eigenvalue weighted by atomic mass is 79.9. The highest BCUT2D eigenvalue weighted by Gasteiger charge is 2.16. The molecule has 1 aliphatic carbocycles. The average molecular weight is 325 g/mol. The van der Waals surface area contributed by atoms with Gasteiger partial charge in [0.1, 0.15) is 0 Å². The SMILES string of the molecule is CNCc1ccc(N(C)CC2CCCCC2)c(Br)c1. The van der Waals surface area contributed by atoms with Crippen molar-refractivity contribution in [2.24, 2.45) is 5.92 Å². The van der Waals surface area contributed by atoms with Crippen molar-refractivity contribution in [3.05, 3.63) is 28.2 Å². The average Bonchev–Trinajstić information content (AvgIpc) is 2.40. The van der Waals surface area contributed by atoms with Gasteiger partial charge in [-0.25, -0.2) is 0 Å². The molecule has 106 valence electrons. The van der Waals surface area contributed by atoms with Gasteiger partial charge in [0.05, 0.1) is 5.69 Å². The summed E-state index contributed by atoms with van der Waals surface area (Å²) in [6.45, 7) is 2.11. The number of rotatable bonds is 5. The summed E-state index contributed by atoms with van der Waals surface area (Å²) in [7, 11) is 4.20. The van der Waals surface area contributed by atoms with Crippen LogP contribution in [0.4, 0.5) is 5.69 Å². The molecule has 3 heteroatoms. The molecule has 1 saturated carbocycles. The molecule has 0 amide bonds. The van der Waals surface area contributed by atoms with Gasteiger partial charge in [-0.15, -0.1) is 0 Å². The summed E-state index contributed by atoms with van der Waals surface area (Å²) >= 11 is 3.71. The molecular weight excluding hydrogens is 300 g/mol. The van der Waals surface area contributed by atoms with Gasteiger partial charge in [0.25, 0.3) is 0 Å². The molecule has 0 heterocycles. The van der Waals surface area contributed by atoms with Gasteiger partial charge in [-0.2, -0.15) is 0 Å². The molecule has 1 N–H and O–H groups in total. The highest BCUT2D eigenvalue weighted by Crippen LogP contribution is 2.30. The van der Waals surface area contributed by atoms with Gasteiger partial charge in [-0.3, -0.25) is 0 Å². The molecule has 2 rings (SSSR count). The van der Waals surface area contributed by atoms with E-state index in [1.54, 1.807) is 0 Å². The summed E-state index contributed by atoms with van der Waals surface area (Å²) < 4.78 is 1.21. The van der Waals surface area contributed by atoms with E-state index in [1.807, 2.05) is 7.05 Å². The molecule has 0 saturated heterocycles. The Balaban J connectivity index is 1.99. The maximum Gasteiger partial charge on any atom is 0.0508 e. The number of benzene rings is 1. The molecule has 0 unspecified atom stereocenters. The smallest absolute Gasteiger partial charge is 0.0508 e. The van der Waals surface area contributed by atoms with Gasteiger partial charge in [0, 0.05) is 24.6 Å². The zero-order valence-electron chi connectivity index (χ0n) is 12.1. The van der Waals surface area contributed by atoms with Crippen LogP contribution in [0.15, 0.2) is 22.7 Å². The van der Waals surface area contributed by atoms with Gasteiger partial charge in [0.2, 0.25) is 0 Å². The van der Waals surface area contributed by atoms with E-state index in [2.05, 4.69) is 51.4 Å². The van der Waals surface area contributed by atoms with E-state index >= 15 is 0 Å². The molecule has 1 aromatic rings. The molecule has 1 aromatic carbocycles. The van der Waals surface area contributed by atoms with Crippen molar-refractivity contribution in [1.29, 1.82) is 0 Å². The quantitative estimate of drug-likeness (QED) is 0.873. The molecule has 2 nitrogen and oxygen atoms in total. The van der Waals surface area contributed by atoms with Gasteiger partial charge >= 0.3 is 0 Å². The molecular formula is C16H25BrN2. The summed E-state index contributed by atoms with van der Waals surface area (Å²) in [5.74, 6) is 0.877. The Morgan fingerprint density at radius 3 is 2.63 bits per heavy atom. The summed E-state index contributed by atoms with van der Waals surface area (Å²) in [5.41, 5.74) is 2.63. The topological polar surface area (TPSA) is 15.3 Å². The molecule has 19 heavy (non-hydrogen) atoms. The third kappa shape index (κ3) is 4.22. The highest BCUT2D eigenvalue weighted by molar-refractivity contribution is 9.10. The number of halogens is 1. The Bertz CT molecular complexity index is 400. The van der Waals surface area contributed by atoms with Crippen molar-refractivity contribution in [3.63, 3.8) is 0 Å². The number of nitrogens with zero attached hydrogens (tertiary/aromatic N) is 1. The lowest BCUT2D eigenvalue weighted by Crippen LogP contribution is -2.27. The second-order valence-corrected chi connectivity index (χ2v) is 6.55. The van der Waals surface area contributed by atoms with Gasteiger partial charge < -0.3 is 10.2 Å². The monoisotopic (exact) mass is 324 g/mol. The van der Waals surface area contributed by atoms with Gasteiger partial charge in [0.15, 0.2) is 0 Å². The molecule has 0 aromatic heterocycles. The van der Waals surface area contributed by atoms with Crippen LogP contribution in [0.1, 0.15) is 37.7 Å². The first-order valence-corrected chi connectivity index (χ1v) is 8.14. The van der Waals surface area contributed by atoms with Crippen LogP contribution in [0.3, 0.4) is 0 Å². The Morgan fingerprint density at radius 1 is 1.26 bits per heavy atom. The van der Waals surface area contributed by atoms with Crippen LogP contribution in [0.2, 0.25) is 0 Å². The molecule has 0 radical (unpaired) electrons. The van der Waals surface area contributed by atoms with Crippen LogP contribution in [0.5, 0.6) is 0 Å². The van der Waals surface area contributed by atoms with E-state index in [9.17, 15) is 0 Å². The zero-order chi connectivity index (χ0) is 13.7. The molecule has 0 aliphatic heterocycles. The number of hydrogen-bond donors (Lipinski definition) is 1. The van der Waals surface area contributed by atoms with Crippen molar-refractivity contribution >= 4 is 21.6 Å². The summed E-state index contributed by atoms with van der Waals surface area (Å²) in [5, 5.41) is 3.19. The predicted octanol–water partition coefficient (Wildman–Crippen LogP) is 4.19. The van der Waals surface area contributed by atoms with Crippen LogP contribution in [0.25, 0.3) is 0 Å². The Morgan fingerprint density at radius 2 is 2.00 bits per heavy atom. The number of hydrogen-bond acceptors (Lipinski definition) is 2. The molecule has 1 aliphatic rings. The summed E-state index contributed by atoms with van der Waals surface area (Å²) in [4.78, 5) is 2.41. The molecule has 0 atom stereocenters. The lowest BCUT2D eigenvalue weighted by Gasteiger charge is -2.29. The van der Waals surface area contributed by atoms with E-state index in [0.29, 0.717) is 0 Å². The third-order valence-corrected chi connectivity index (χ3v) is 4.70. The lowest BCUT2D eigenvalue weighted by atomic mass is 9.89. The van der Waals surface area contributed by atoms with E-state index in [0.717, 1.165) is 12.5 Å². The van der Waals surface area contributed by atoms with E-state index in [1.165, 1.54) is 54.4 Å². The second kappa shape index (κ2) is 7.30. The normalized spacial score (nSPS) is 16.6. The Hall–Kier alpha value is -0.540. The van der Waals surface area contributed by atoms with Crippen molar-refractivity contribution in [2.75, 3.05) is 25.5 Å². The molecule has 0 spiro atoms. The van der Waals surface area contributed by atoms with Crippen LogP contribution < -0.4 is 10.2 Å². The molecule has 1 fully saturated rings. The van der Waals surface area contributed by atoms with Crippen LogP contribution in [-0.2, 0) is 6.54 Å². The second-order valence-electron chi connectivity index (χ2n) is 5.70. The standard InChI is InChI=1S/C16H25BrN2/c1-18-11-14-8-9-16(15(17)10-14)19(2)12-13-6-4-3-5-7-13/h8-10,13,18H,3-7,11-12H2,1-2H3. The van der Waals surface area contributed by atoms with Crippen molar-refractivity contribution < 1.29 is 0 Å². The van der Waals surface area contributed by atoms with Gasteiger partial charge in [-0.1, -0.05) is 25.3 Å². The fraction of sp³-hybridized carbons (Fsp3) is 0.625.